The number of aromatic nitrogens is 1. The largest absolute Gasteiger partial charge is 0.371 e. The Morgan fingerprint density at radius 1 is 1.00 bits per heavy atom. The average Bonchev–Trinajstić information content (AvgIpc) is 3.09. The number of likely N-dealkylation sites (N-methyl/N-ethyl adjacent to an activating group) is 1. The summed E-state index contributed by atoms with van der Waals surface area (Å²) >= 11 is 0. The summed E-state index contributed by atoms with van der Waals surface area (Å²) in [4.78, 5) is 2.38. The van der Waals surface area contributed by atoms with Crippen LogP contribution in [0.15, 0.2) is 51.9 Å². The van der Waals surface area contributed by atoms with Crippen molar-refractivity contribution in [2.45, 2.75) is 25.7 Å². The molecule has 0 spiro atoms. The van der Waals surface area contributed by atoms with Crippen LogP contribution in [0.3, 0.4) is 0 Å². The van der Waals surface area contributed by atoms with Crippen LogP contribution < -0.4 is 9.21 Å². The van der Waals surface area contributed by atoms with Crippen LogP contribution in [0.5, 0.6) is 0 Å². The quantitative estimate of drug-likeness (QED) is 0.670. The van der Waals surface area contributed by atoms with Crippen molar-refractivity contribution in [3.05, 3.63) is 59.3 Å². The third-order valence-corrected chi connectivity index (χ3v) is 7.13. The van der Waals surface area contributed by atoms with Gasteiger partial charge in [-0.05, 0) is 44.0 Å². The Morgan fingerprint density at radius 2 is 1.79 bits per heavy atom. The molecule has 28 heavy (non-hydrogen) atoms. The first-order valence-corrected chi connectivity index (χ1v) is 10.6. The zero-order valence-corrected chi connectivity index (χ0v) is 17.2. The fraction of sp³-hybridized carbons (Fsp3) is 0.286. The Bertz CT molecular complexity index is 1150. The number of hydrogen-bond acceptors (Lipinski definition) is 5. The second kappa shape index (κ2) is 6.67. The number of anilines is 2. The Kier molecular flexibility index (Phi) is 4.42. The van der Waals surface area contributed by atoms with Crippen molar-refractivity contribution in [3.63, 3.8) is 0 Å². The van der Waals surface area contributed by atoms with Gasteiger partial charge in [0.2, 0.25) is 0 Å². The van der Waals surface area contributed by atoms with Gasteiger partial charge in [0.15, 0.2) is 5.76 Å². The minimum Gasteiger partial charge on any atom is -0.371 e. The SMILES string of the molecule is Cc1cc(-c2ccc(C)c(S(=O)(=O)N3CCN(C)c4cccc(C)c43)c2)on1. The molecule has 3 aromatic rings. The van der Waals surface area contributed by atoms with Crippen LogP contribution >= 0.6 is 0 Å². The highest BCUT2D eigenvalue weighted by Gasteiger charge is 2.33. The molecule has 7 heteroatoms. The number of rotatable bonds is 3. The van der Waals surface area contributed by atoms with Gasteiger partial charge in [-0.25, -0.2) is 8.42 Å². The molecular weight excluding hydrogens is 374 g/mol. The summed E-state index contributed by atoms with van der Waals surface area (Å²) in [6.07, 6.45) is 0. The molecule has 0 saturated carbocycles. The van der Waals surface area contributed by atoms with Crippen molar-refractivity contribution in [2.24, 2.45) is 0 Å². The maximum Gasteiger partial charge on any atom is 0.264 e. The summed E-state index contributed by atoms with van der Waals surface area (Å²) < 4.78 is 34.2. The van der Waals surface area contributed by atoms with Crippen LogP contribution in [-0.2, 0) is 10.0 Å². The number of nitrogens with zero attached hydrogens (tertiary/aromatic N) is 3. The molecule has 6 nitrogen and oxygen atoms in total. The fourth-order valence-electron chi connectivity index (χ4n) is 3.64. The maximum atomic E-state index is 13.7. The fourth-order valence-corrected chi connectivity index (χ4v) is 5.43. The van der Waals surface area contributed by atoms with E-state index in [1.54, 1.807) is 12.1 Å². The van der Waals surface area contributed by atoms with Crippen LogP contribution in [0.4, 0.5) is 11.4 Å². The van der Waals surface area contributed by atoms with Gasteiger partial charge in [-0.15, -0.1) is 0 Å². The van der Waals surface area contributed by atoms with E-state index >= 15 is 0 Å². The molecule has 4 rings (SSSR count). The highest BCUT2D eigenvalue weighted by atomic mass is 32.2. The van der Waals surface area contributed by atoms with Gasteiger partial charge >= 0.3 is 0 Å². The number of para-hydroxylation sites is 1. The molecule has 1 aliphatic rings. The van der Waals surface area contributed by atoms with Gasteiger partial charge in [0.1, 0.15) is 0 Å². The van der Waals surface area contributed by atoms with E-state index in [1.165, 1.54) is 4.31 Å². The molecule has 0 unspecified atom stereocenters. The Hall–Kier alpha value is -2.80. The molecule has 0 atom stereocenters. The molecule has 146 valence electrons. The van der Waals surface area contributed by atoms with Crippen LogP contribution in [0.25, 0.3) is 11.3 Å². The van der Waals surface area contributed by atoms with Crippen molar-refractivity contribution in [1.29, 1.82) is 0 Å². The Balaban J connectivity index is 1.85. The standard InChI is InChI=1S/C21H23N3O3S/c1-14-8-9-17(19-12-16(3)22-27-19)13-20(14)28(25,26)24-11-10-23(4)18-7-5-6-15(2)21(18)24/h5-9,12-13H,10-11H2,1-4H3. The van der Waals surface area contributed by atoms with Gasteiger partial charge < -0.3 is 9.42 Å². The first-order chi connectivity index (χ1) is 13.3. The first kappa shape index (κ1) is 18.6. The molecule has 0 saturated heterocycles. The van der Waals surface area contributed by atoms with Crippen molar-refractivity contribution < 1.29 is 12.9 Å². The van der Waals surface area contributed by atoms with Crippen molar-refractivity contribution in [1.82, 2.24) is 5.16 Å². The summed E-state index contributed by atoms with van der Waals surface area (Å²) in [5.74, 6) is 0.559. The highest BCUT2D eigenvalue weighted by Crippen LogP contribution is 2.39. The maximum absolute atomic E-state index is 13.7. The number of fused-ring (bicyclic) bond motifs is 1. The van der Waals surface area contributed by atoms with Gasteiger partial charge in [0, 0.05) is 25.2 Å². The predicted molar refractivity (Wildman–Crippen MR) is 110 cm³/mol. The van der Waals surface area contributed by atoms with Gasteiger partial charge in [-0.1, -0.05) is 29.4 Å². The Labute approximate surface area is 165 Å². The molecular formula is C21H23N3O3S. The second-order valence-electron chi connectivity index (χ2n) is 7.25. The lowest BCUT2D eigenvalue weighted by atomic mass is 10.1. The molecule has 1 aliphatic heterocycles. The lowest BCUT2D eigenvalue weighted by molar-refractivity contribution is 0.427. The summed E-state index contributed by atoms with van der Waals surface area (Å²) in [5.41, 5.74) is 4.76. The van der Waals surface area contributed by atoms with E-state index in [1.807, 2.05) is 58.2 Å². The predicted octanol–water partition coefficient (Wildman–Crippen LogP) is 3.91. The van der Waals surface area contributed by atoms with Crippen LogP contribution in [0, 0.1) is 20.8 Å². The molecule has 0 radical (unpaired) electrons. The van der Waals surface area contributed by atoms with Crippen LogP contribution in [0.1, 0.15) is 16.8 Å². The van der Waals surface area contributed by atoms with Gasteiger partial charge in [0.05, 0.1) is 28.5 Å². The van der Waals surface area contributed by atoms with E-state index in [4.69, 9.17) is 4.52 Å². The summed E-state index contributed by atoms with van der Waals surface area (Å²) in [5, 5.41) is 3.91. The second-order valence-corrected chi connectivity index (χ2v) is 9.08. The smallest absolute Gasteiger partial charge is 0.264 e. The van der Waals surface area contributed by atoms with Gasteiger partial charge in [-0.2, -0.15) is 0 Å². The zero-order chi connectivity index (χ0) is 20.1. The van der Waals surface area contributed by atoms with Crippen molar-refractivity contribution in [2.75, 3.05) is 29.3 Å². The van der Waals surface area contributed by atoms with E-state index in [0.717, 1.165) is 22.6 Å². The minimum atomic E-state index is -3.73. The summed E-state index contributed by atoms with van der Waals surface area (Å²) in [7, 11) is -1.74. The first-order valence-electron chi connectivity index (χ1n) is 9.17. The molecule has 2 aromatic carbocycles. The third kappa shape index (κ3) is 2.96. The van der Waals surface area contributed by atoms with E-state index in [9.17, 15) is 8.42 Å². The van der Waals surface area contributed by atoms with E-state index < -0.39 is 10.0 Å². The van der Waals surface area contributed by atoms with E-state index in [0.29, 0.717) is 30.0 Å². The van der Waals surface area contributed by atoms with E-state index in [-0.39, 0.29) is 4.90 Å². The molecule has 1 aromatic heterocycles. The molecule has 0 fully saturated rings. The van der Waals surface area contributed by atoms with Gasteiger partial charge in [-0.3, -0.25) is 4.31 Å². The molecule has 0 N–H and O–H groups in total. The van der Waals surface area contributed by atoms with E-state index in [2.05, 4.69) is 10.1 Å². The number of benzene rings is 2. The topological polar surface area (TPSA) is 66.7 Å². The summed E-state index contributed by atoms with van der Waals surface area (Å²) in [6, 6.07) is 13.0. The van der Waals surface area contributed by atoms with Crippen LogP contribution in [-0.4, -0.2) is 33.7 Å². The zero-order valence-electron chi connectivity index (χ0n) is 16.4. The Morgan fingerprint density at radius 3 is 2.50 bits per heavy atom. The molecule has 0 amide bonds. The minimum absolute atomic E-state index is 0.290. The molecule has 2 heterocycles. The number of aryl methyl sites for hydroxylation is 3. The average molecular weight is 398 g/mol. The van der Waals surface area contributed by atoms with Crippen molar-refractivity contribution >= 4 is 21.4 Å². The molecule has 0 bridgehead atoms. The third-order valence-electron chi connectivity index (χ3n) is 5.18. The monoisotopic (exact) mass is 397 g/mol. The van der Waals surface area contributed by atoms with Crippen LogP contribution in [0.2, 0.25) is 0 Å². The summed E-state index contributed by atoms with van der Waals surface area (Å²) in [6.45, 7) is 6.64. The van der Waals surface area contributed by atoms with Crippen molar-refractivity contribution in [3.8, 4) is 11.3 Å². The highest BCUT2D eigenvalue weighted by molar-refractivity contribution is 7.93. The normalized spacial score (nSPS) is 14.3. The lowest BCUT2D eigenvalue weighted by Gasteiger charge is -2.37. The van der Waals surface area contributed by atoms with Gasteiger partial charge in [0.25, 0.3) is 10.0 Å². The lowest BCUT2D eigenvalue weighted by Crippen LogP contribution is -2.43. The number of sulfonamides is 1. The molecule has 0 aliphatic carbocycles. The number of hydrogen-bond donors (Lipinski definition) is 0.